The summed E-state index contributed by atoms with van der Waals surface area (Å²) in [4.78, 5) is 13.8. The summed E-state index contributed by atoms with van der Waals surface area (Å²) in [5.74, 6) is 0.0865. The number of phenols is 1. The van der Waals surface area contributed by atoms with E-state index in [-0.39, 0.29) is 11.7 Å². The zero-order chi connectivity index (χ0) is 13.3. The lowest BCUT2D eigenvalue weighted by Gasteiger charge is -2.46. The predicted octanol–water partition coefficient (Wildman–Crippen LogP) is 1.69. The monoisotopic (exact) mass is 249 g/mol. The molecule has 2 rings (SSSR count). The Kier molecular flexibility index (Phi) is 3.30. The second-order valence-corrected chi connectivity index (χ2v) is 5.13. The number of β-amino-alcohol motifs (C(OH)–C–C–N with tert-alkyl or cyclic N) is 1. The molecule has 0 aromatic heterocycles. The van der Waals surface area contributed by atoms with Gasteiger partial charge in [-0.25, -0.2) is 0 Å². The van der Waals surface area contributed by atoms with Crippen LogP contribution in [0.5, 0.6) is 5.75 Å². The van der Waals surface area contributed by atoms with Crippen molar-refractivity contribution in [3.63, 3.8) is 0 Å². The number of aliphatic hydroxyl groups is 1. The highest BCUT2D eigenvalue weighted by Gasteiger charge is 2.43. The van der Waals surface area contributed by atoms with Crippen molar-refractivity contribution in [1.29, 1.82) is 0 Å². The van der Waals surface area contributed by atoms with Crippen LogP contribution in [0.3, 0.4) is 0 Å². The molecular weight excluding hydrogens is 230 g/mol. The van der Waals surface area contributed by atoms with E-state index in [1.807, 2.05) is 6.92 Å². The quantitative estimate of drug-likeness (QED) is 0.857. The van der Waals surface area contributed by atoms with Crippen LogP contribution in [0.4, 0.5) is 0 Å². The minimum absolute atomic E-state index is 0.0757. The van der Waals surface area contributed by atoms with Crippen LogP contribution in [0, 0.1) is 6.92 Å². The number of nitrogens with zero attached hydrogens (tertiary/aromatic N) is 1. The lowest BCUT2D eigenvalue weighted by Crippen LogP contribution is -2.63. The van der Waals surface area contributed by atoms with Crippen molar-refractivity contribution >= 4 is 5.91 Å². The van der Waals surface area contributed by atoms with E-state index in [1.165, 1.54) is 6.07 Å². The van der Waals surface area contributed by atoms with E-state index in [4.69, 9.17) is 0 Å². The molecule has 1 fully saturated rings. The van der Waals surface area contributed by atoms with Crippen molar-refractivity contribution in [2.24, 2.45) is 0 Å². The highest BCUT2D eigenvalue weighted by Crippen LogP contribution is 2.28. The number of benzene rings is 1. The Morgan fingerprint density at radius 3 is 2.67 bits per heavy atom. The van der Waals surface area contributed by atoms with E-state index in [0.29, 0.717) is 18.7 Å². The number of aryl methyl sites for hydroxylation is 1. The van der Waals surface area contributed by atoms with E-state index >= 15 is 0 Å². The standard InChI is InChI=1S/C14H19NO3/c1-3-6-14(18)8-15(9-14)13(17)12-5-4-11(16)7-10(12)2/h4-5,7,16,18H,3,6,8-9H2,1-2H3. The second kappa shape index (κ2) is 4.61. The lowest BCUT2D eigenvalue weighted by molar-refractivity contribution is -0.0860. The molecule has 1 aliphatic rings. The molecule has 1 aromatic rings. The Hall–Kier alpha value is -1.55. The smallest absolute Gasteiger partial charge is 0.254 e. The van der Waals surface area contributed by atoms with Crippen molar-refractivity contribution in [3.8, 4) is 5.75 Å². The summed E-state index contributed by atoms with van der Waals surface area (Å²) in [5, 5.41) is 19.4. The fourth-order valence-electron chi connectivity index (χ4n) is 2.49. The summed E-state index contributed by atoms with van der Waals surface area (Å²) in [6, 6.07) is 4.72. The molecule has 4 nitrogen and oxygen atoms in total. The summed E-state index contributed by atoms with van der Waals surface area (Å²) in [5.41, 5.74) is 0.646. The molecule has 1 saturated heterocycles. The predicted molar refractivity (Wildman–Crippen MR) is 68.6 cm³/mol. The third-order valence-corrected chi connectivity index (χ3v) is 3.41. The Morgan fingerprint density at radius 2 is 2.11 bits per heavy atom. The Bertz CT molecular complexity index is 464. The van der Waals surface area contributed by atoms with E-state index in [0.717, 1.165) is 18.4 Å². The van der Waals surface area contributed by atoms with Crippen LogP contribution in [-0.4, -0.2) is 39.7 Å². The van der Waals surface area contributed by atoms with E-state index in [9.17, 15) is 15.0 Å². The van der Waals surface area contributed by atoms with E-state index in [1.54, 1.807) is 24.0 Å². The van der Waals surface area contributed by atoms with Gasteiger partial charge in [0, 0.05) is 5.56 Å². The van der Waals surface area contributed by atoms with Gasteiger partial charge in [-0.2, -0.15) is 0 Å². The first kappa shape index (κ1) is 12.9. The number of hydrogen-bond acceptors (Lipinski definition) is 3. The van der Waals surface area contributed by atoms with Crippen molar-refractivity contribution in [3.05, 3.63) is 29.3 Å². The first-order chi connectivity index (χ1) is 8.45. The van der Waals surface area contributed by atoms with Gasteiger partial charge in [0.15, 0.2) is 0 Å². The minimum atomic E-state index is -0.699. The fraction of sp³-hybridized carbons (Fsp3) is 0.500. The maximum Gasteiger partial charge on any atom is 0.254 e. The fourth-order valence-corrected chi connectivity index (χ4v) is 2.49. The summed E-state index contributed by atoms with van der Waals surface area (Å²) in [6.07, 6.45) is 1.64. The number of amides is 1. The molecule has 0 saturated carbocycles. The van der Waals surface area contributed by atoms with Gasteiger partial charge < -0.3 is 15.1 Å². The van der Waals surface area contributed by atoms with Gasteiger partial charge in [-0.3, -0.25) is 4.79 Å². The third-order valence-electron chi connectivity index (χ3n) is 3.41. The molecular formula is C14H19NO3. The van der Waals surface area contributed by atoms with Gasteiger partial charge in [0.05, 0.1) is 18.7 Å². The van der Waals surface area contributed by atoms with Crippen LogP contribution in [0.25, 0.3) is 0 Å². The average molecular weight is 249 g/mol. The molecule has 0 unspecified atom stereocenters. The maximum absolute atomic E-state index is 12.2. The van der Waals surface area contributed by atoms with Gasteiger partial charge in [-0.1, -0.05) is 13.3 Å². The van der Waals surface area contributed by atoms with Gasteiger partial charge >= 0.3 is 0 Å². The van der Waals surface area contributed by atoms with Crippen LogP contribution in [0.1, 0.15) is 35.7 Å². The lowest BCUT2D eigenvalue weighted by atomic mass is 9.88. The summed E-state index contributed by atoms with van der Waals surface area (Å²) < 4.78 is 0. The van der Waals surface area contributed by atoms with Crippen LogP contribution >= 0.6 is 0 Å². The molecule has 98 valence electrons. The first-order valence-corrected chi connectivity index (χ1v) is 6.26. The number of aromatic hydroxyl groups is 1. The topological polar surface area (TPSA) is 60.8 Å². The largest absolute Gasteiger partial charge is 0.508 e. The average Bonchev–Trinajstić information content (AvgIpc) is 2.25. The number of phenolic OH excluding ortho intramolecular Hbond substituents is 1. The molecule has 0 atom stereocenters. The highest BCUT2D eigenvalue weighted by molar-refractivity contribution is 5.96. The van der Waals surface area contributed by atoms with Gasteiger partial charge in [0.25, 0.3) is 5.91 Å². The van der Waals surface area contributed by atoms with Crippen molar-refractivity contribution in [2.45, 2.75) is 32.3 Å². The molecule has 2 N–H and O–H groups in total. The SMILES string of the molecule is CCCC1(O)CN(C(=O)c2ccc(O)cc2C)C1. The number of carbonyl (C=O) groups excluding carboxylic acids is 1. The molecule has 0 bridgehead atoms. The van der Waals surface area contributed by atoms with Gasteiger partial charge in [0.2, 0.25) is 0 Å². The van der Waals surface area contributed by atoms with Crippen molar-refractivity contribution in [1.82, 2.24) is 4.90 Å². The molecule has 0 radical (unpaired) electrons. The second-order valence-electron chi connectivity index (χ2n) is 5.13. The summed E-state index contributed by atoms with van der Waals surface area (Å²) >= 11 is 0. The molecule has 1 aromatic carbocycles. The van der Waals surface area contributed by atoms with Crippen LogP contribution in [-0.2, 0) is 0 Å². The van der Waals surface area contributed by atoms with Gasteiger partial charge in [-0.05, 0) is 37.1 Å². The Balaban J connectivity index is 2.06. The zero-order valence-electron chi connectivity index (χ0n) is 10.8. The first-order valence-electron chi connectivity index (χ1n) is 6.26. The number of rotatable bonds is 3. The maximum atomic E-state index is 12.2. The van der Waals surface area contributed by atoms with Crippen LogP contribution < -0.4 is 0 Å². The highest BCUT2D eigenvalue weighted by atomic mass is 16.3. The summed E-state index contributed by atoms with van der Waals surface area (Å²) in [6.45, 7) is 4.62. The van der Waals surface area contributed by atoms with Crippen LogP contribution in [0.2, 0.25) is 0 Å². The molecule has 0 spiro atoms. The zero-order valence-corrected chi connectivity index (χ0v) is 10.8. The van der Waals surface area contributed by atoms with Crippen molar-refractivity contribution in [2.75, 3.05) is 13.1 Å². The Morgan fingerprint density at radius 1 is 1.44 bits per heavy atom. The minimum Gasteiger partial charge on any atom is -0.508 e. The van der Waals surface area contributed by atoms with E-state index < -0.39 is 5.60 Å². The molecule has 1 heterocycles. The molecule has 18 heavy (non-hydrogen) atoms. The van der Waals surface area contributed by atoms with Gasteiger partial charge in [-0.15, -0.1) is 0 Å². The molecule has 0 aliphatic carbocycles. The Labute approximate surface area is 107 Å². The normalized spacial score (nSPS) is 17.4. The summed E-state index contributed by atoms with van der Waals surface area (Å²) in [7, 11) is 0. The number of carbonyl (C=O) groups is 1. The number of likely N-dealkylation sites (tertiary alicyclic amines) is 1. The van der Waals surface area contributed by atoms with E-state index in [2.05, 4.69) is 0 Å². The third kappa shape index (κ3) is 2.34. The van der Waals surface area contributed by atoms with Crippen LogP contribution in [0.15, 0.2) is 18.2 Å². The molecule has 1 aliphatic heterocycles. The number of hydrogen-bond donors (Lipinski definition) is 2. The van der Waals surface area contributed by atoms with Crippen molar-refractivity contribution < 1.29 is 15.0 Å². The molecule has 4 heteroatoms. The van der Waals surface area contributed by atoms with Gasteiger partial charge in [0.1, 0.15) is 5.75 Å². The molecule has 1 amide bonds.